The van der Waals surface area contributed by atoms with Gasteiger partial charge in [0.25, 0.3) is 5.91 Å². The zero-order valence-corrected chi connectivity index (χ0v) is 57.4. The topological polar surface area (TPSA) is 98.1 Å². The van der Waals surface area contributed by atoms with Crippen molar-refractivity contribution in [1.29, 1.82) is 0 Å². The van der Waals surface area contributed by atoms with Crippen molar-refractivity contribution in [1.82, 2.24) is 19.9 Å². The lowest BCUT2D eigenvalue weighted by atomic mass is 9.72. The second-order valence-electron chi connectivity index (χ2n) is 24.8. The van der Waals surface area contributed by atoms with Gasteiger partial charge in [0.05, 0.1) is 22.8 Å². The number of rotatable bonds is 16. The number of halogens is 3. The van der Waals surface area contributed by atoms with Gasteiger partial charge in [-0.2, -0.15) is 0 Å². The fourth-order valence-electron chi connectivity index (χ4n) is 12.1. The molecule has 11 rings (SSSR count). The highest BCUT2D eigenvalue weighted by Gasteiger charge is 2.27. The number of fused-ring (bicyclic) bond motifs is 8. The number of pyridine rings is 3. The van der Waals surface area contributed by atoms with Crippen LogP contribution < -0.4 is 56.2 Å². The minimum atomic E-state index is -0.192. The second-order valence-corrected chi connectivity index (χ2v) is 24.8. The average molecular weight is 1300 g/mol. The standard InChI is InChI=1S/C82H80N8O.3ClH/c1-56(19-11-12-20-57(2)22-14-24-59(4)30-40-68-60(5)25-15-49-82(68,6)7)21-13-23-58(3)29-31-61-32-34-63(35-33-61)81(91)83-67-38-36-62(37-39-67)77-69-41-43-71(84-69)78(64-26-16-50-88(8)53-64)73-45-47-75(86-73)80(66-28-18-52-90(10)55-66)76-48-46-74(87-76)79(72-44-42-70(77)85-72)65-27-17-51-89(9)54-65;;;/h11-14,16-24,26-48,50-55H,15,25,49H2,1-10H3,(H2-,83,84,85,86,87,91);3*1H/q+2;;;/p-2/b12-11+,21-13+,22-14+,31-29+,40-30+,56-19+,57-20+,58-23+,59-24+,77-69?,77-70?,78-71?,78-73?,79-72?,79-74?,80-75?,80-76?;;;. The molecule has 6 aromatic heterocycles. The summed E-state index contributed by atoms with van der Waals surface area (Å²) in [4.78, 5) is 32.5. The zero-order valence-electron chi connectivity index (χ0n) is 55.1. The summed E-state index contributed by atoms with van der Waals surface area (Å²) in [5, 5.41) is 3.14. The summed E-state index contributed by atoms with van der Waals surface area (Å²) < 4.78 is 6.20. The highest BCUT2D eigenvalue weighted by molar-refractivity contribution is 6.05. The van der Waals surface area contributed by atoms with Crippen LogP contribution in [0.2, 0.25) is 0 Å². The third-order valence-electron chi connectivity index (χ3n) is 16.9. The number of allylic oxidation sites excluding steroid dienone is 19. The third kappa shape index (κ3) is 17.1. The number of H-pyrrole nitrogens is 2. The van der Waals surface area contributed by atoms with E-state index in [4.69, 9.17) is 9.97 Å². The summed E-state index contributed by atoms with van der Waals surface area (Å²) in [6.07, 6.45) is 54.6. The number of nitrogens with one attached hydrogen (secondary N) is 3. The molecule has 1 aliphatic carbocycles. The molecule has 9 nitrogen and oxygen atoms in total. The Morgan fingerprint density at radius 2 is 0.883 bits per heavy atom. The first-order chi connectivity index (χ1) is 44.0. The number of hydrogen-bond acceptors (Lipinski definition) is 3. The van der Waals surface area contributed by atoms with Gasteiger partial charge in [-0.1, -0.05) is 151 Å². The molecule has 0 unspecified atom stereocenters. The van der Waals surface area contributed by atoms with Gasteiger partial charge in [-0.25, -0.2) is 23.7 Å². The smallest absolute Gasteiger partial charge is 0.255 e. The number of aryl methyl sites for hydroxylation is 3. The van der Waals surface area contributed by atoms with E-state index in [2.05, 4.69) is 278 Å². The largest absolute Gasteiger partial charge is 1.00 e. The van der Waals surface area contributed by atoms with Gasteiger partial charge in [-0.3, -0.25) is 4.79 Å². The molecule has 3 N–H and O–H groups in total. The van der Waals surface area contributed by atoms with Crippen LogP contribution in [0.25, 0.3) is 97.0 Å². The second kappa shape index (κ2) is 31.7. The van der Waals surface area contributed by atoms with Gasteiger partial charge in [0, 0.05) is 90.5 Å². The number of hydrogen-bond donors (Lipinski definition) is 3. The Morgan fingerprint density at radius 1 is 0.489 bits per heavy atom. The first kappa shape index (κ1) is 70.1. The Kier molecular flexibility index (Phi) is 23.6. The SMILES string of the molecule is CC1=C(/C=C/C(C)=C/C=C/C(C)=C/C=C/C=C(C)/C=C/C=C(C)/C=C/c2ccc(C(=O)Nc3ccc(-c4c5nc(c(-c6ccc[n+](C)c6)c6ccc([nH]6)c(-c6ccc[n+](C)c6)c6nc(c(-c7ccc[n+](C)c7)c7ccc4[nH]7)C=C6)C=C5)cc3)cc2)C(C)(C)CCC1.[Cl-].[Cl-].[Cl-]. The number of benzene rings is 2. The van der Waals surface area contributed by atoms with Crippen molar-refractivity contribution in [3.8, 4) is 44.5 Å². The van der Waals surface area contributed by atoms with Crippen LogP contribution in [-0.4, -0.2) is 25.8 Å². The van der Waals surface area contributed by atoms with E-state index in [0.29, 0.717) is 11.3 Å². The maximum atomic E-state index is 13.8. The van der Waals surface area contributed by atoms with Gasteiger partial charge in [0.2, 0.25) is 0 Å². The van der Waals surface area contributed by atoms with Gasteiger partial charge >= 0.3 is 0 Å². The molecule has 12 heteroatoms. The van der Waals surface area contributed by atoms with Crippen LogP contribution in [0.15, 0.2) is 259 Å². The fraction of sp³-hybridized carbons (Fsp3) is 0.171. The Labute approximate surface area is 572 Å². The minimum Gasteiger partial charge on any atom is -1.00 e. The van der Waals surface area contributed by atoms with E-state index < -0.39 is 0 Å². The quantitative estimate of drug-likeness (QED) is 0.0665. The summed E-state index contributed by atoms with van der Waals surface area (Å²) in [7, 11) is 6.12. The van der Waals surface area contributed by atoms with E-state index in [1.54, 1.807) is 0 Å². The van der Waals surface area contributed by atoms with E-state index in [1.807, 2.05) is 76.1 Å². The molecule has 8 heterocycles. The number of aromatic amines is 2. The fourth-order valence-corrected chi connectivity index (χ4v) is 12.1. The average Bonchev–Trinajstić information content (AvgIpc) is 1.62. The summed E-state index contributed by atoms with van der Waals surface area (Å²) in [5.41, 5.74) is 25.0. The van der Waals surface area contributed by atoms with Crippen molar-refractivity contribution in [3.05, 3.63) is 293 Å². The summed E-state index contributed by atoms with van der Waals surface area (Å²) in [5.74, 6) is -0.192. The summed E-state index contributed by atoms with van der Waals surface area (Å²) >= 11 is 0. The molecular formula is C82H81Cl3N8O. The summed E-state index contributed by atoms with van der Waals surface area (Å²) in [6.45, 7) is 15.5. The molecule has 0 saturated heterocycles. The van der Waals surface area contributed by atoms with Crippen LogP contribution in [0, 0.1) is 5.41 Å². The predicted molar refractivity (Wildman–Crippen MR) is 379 cm³/mol. The highest BCUT2D eigenvalue weighted by Crippen LogP contribution is 2.42. The maximum absolute atomic E-state index is 13.8. The van der Waals surface area contributed by atoms with Gasteiger partial charge < -0.3 is 52.5 Å². The lowest BCUT2D eigenvalue weighted by Gasteiger charge is -2.32. The summed E-state index contributed by atoms with van der Waals surface area (Å²) in [6, 6.07) is 36.8. The van der Waals surface area contributed by atoms with Crippen molar-refractivity contribution < 1.29 is 55.7 Å². The van der Waals surface area contributed by atoms with Crippen molar-refractivity contribution in [2.24, 2.45) is 26.6 Å². The number of amides is 1. The zero-order chi connectivity index (χ0) is 63.6. The Hall–Kier alpha value is -9.77. The first-order valence-electron chi connectivity index (χ1n) is 31.4. The Morgan fingerprint density at radius 3 is 1.30 bits per heavy atom. The molecule has 94 heavy (non-hydrogen) atoms. The number of nitrogens with zero attached hydrogens (tertiary/aromatic N) is 5. The van der Waals surface area contributed by atoms with E-state index >= 15 is 0 Å². The molecule has 2 aliphatic heterocycles. The Bertz CT molecular complexity index is 4660. The number of carbonyl (C=O) groups is 1. The minimum absolute atomic E-state index is 0. The van der Waals surface area contributed by atoms with Crippen molar-refractivity contribution in [2.75, 3.05) is 5.32 Å². The van der Waals surface area contributed by atoms with Gasteiger partial charge in [0.1, 0.15) is 21.1 Å². The third-order valence-corrected chi connectivity index (χ3v) is 16.9. The van der Waals surface area contributed by atoms with E-state index in [9.17, 15) is 4.79 Å². The molecule has 0 atom stereocenters. The van der Waals surface area contributed by atoms with Crippen LogP contribution in [-0.2, 0) is 21.1 Å². The lowest BCUT2D eigenvalue weighted by Crippen LogP contribution is -3.00. The lowest BCUT2D eigenvalue weighted by molar-refractivity contribution is -0.671. The van der Waals surface area contributed by atoms with Crippen molar-refractivity contribution in [3.63, 3.8) is 0 Å². The molecule has 0 saturated carbocycles. The molecule has 8 bridgehead atoms. The molecule has 2 aromatic carbocycles. The van der Waals surface area contributed by atoms with Crippen LogP contribution in [0.4, 0.5) is 5.69 Å². The van der Waals surface area contributed by atoms with E-state index in [1.165, 1.54) is 41.6 Å². The predicted octanol–water partition coefficient (Wildman–Crippen LogP) is 9.61. The van der Waals surface area contributed by atoms with Crippen LogP contribution in [0.1, 0.15) is 106 Å². The number of carbonyl (C=O) groups excluding carboxylic acids is 1. The number of anilines is 1. The molecule has 476 valence electrons. The molecule has 1 amide bonds. The molecule has 8 aromatic rings. The Balaban J connectivity index is 0.00000378. The monoisotopic (exact) mass is 1300 g/mol. The van der Waals surface area contributed by atoms with E-state index in [0.717, 1.165) is 106 Å². The number of aromatic nitrogens is 7. The van der Waals surface area contributed by atoms with Crippen LogP contribution in [0.3, 0.4) is 0 Å². The maximum Gasteiger partial charge on any atom is 0.255 e. The van der Waals surface area contributed by atoms with E-state index in [-0.39, 0.29) is 48.5 Å². The normalized spacial score (nSPS) is 14.4. The first-order valence-corrected chi connectivity index (χ1v) is 31.4. The van der Waals surface area contributed by atoms with Crippen LogP contribution >= 0.6 is 0 Å². The highest BCUT2D eigenvalue weighted by atomic mass is 35.5. The van der Waals surface area contributed by atoms with Gasteiger partial charge in [0.15, 0.2) is 37.2 Å². The van der Waals surface area contributed by atoms with Crippen molar-refractivity contribution in [2.45, 2.75) is 67.7 Å². The molecule has 0 fully saturated rings. The molecule has 0 spiro atoms. The van der Waals surface area contributed by atoms with Crippen LogP contribution in [0.5, 0.6) is 0 Å². The molecule has 0 radical (unpaired) electrons. The molecule has 3 aliphatic rings. The van der Waals surface area contributed by atoms with Gasteiger partial charge in [-0.15, -0.1) is 0 Å². The van der Waals surface area contributed by atoms with Crippen molar-refractivity contribution >= 4 is 64.0 Å². The van der Waals surface area contributed by atoms with Gasteiger partial charge in [-0.05, 0) is 167 Å². The molecular weight excluding hydrogens is 1220 g/mol.